The van der Waals surface area contributed by atoms with Crippen molar-refractivity contribution in [2.45, 2.75) is 12.5 Å². The number of H-pyrrole nitrogens is 1. The summed E-state index contributed by atoms with van der Waals surface area (Å²) in [5, 5.41) is 18.1. The molecule has 0 radical (unpaired) electrons. The number of phenolic OH excluding ortho intramolecular Hbond substituents is 1. The molecule has 0 spiro atoms. The lowest BCUT2D eigenvalue weighted by molar-refractivity contribution is 0.0746. The van der Waals surface area contributed by atoms with Gasteiger partial charge in [0, 0.05) is 22.7 Å². The van der Waals surface area contributed by atoms with Gasteiger partial charge in [0.25, 0.3) is 5.91 Å². The van der Waals surface area contributed by atoms with Crippen LogP contribution in [0.3, 0.4) is 0 Å². The Morgan fingerprint density at radius 1 is 1.06 bits per heavy atom. The molecule has 0 bridgehead atoms. The second kappa shape index (κ2) is 9.54. The normalized spacial score (nSPS) is 14.7. The van der Waals surface area contributed by atoms with Crippen LogP contribution in [-0.2, 0) is 6.42 Å². The second-order valence-corrected chi connectivity index (χ2v) is 8.85. The maximum absolute atomic E-state index is 13.8. The molecule has 1 aromatic heterocycles. The Hall–Kier alpha value is -4.04. The van der Waals surface area contributed by atoms with Crippen LogP contribution in [0.15, 0.2) is 60.7 Å². The highest BCUT2D eigenvalue weighted by molar-refractivity contribution is 6.31. The van der Waals surface area contributed by atoms with Crippen LogP contribution in [0.2, 0.25) is 5.02 Å². The van der Waals surface area contributed by atoms with E-state index >= 15 is 0 Å². The Balaban J connectivity index is 1.55. The van der Waals surface area contributed by atoms with Crippen LogP contribution in [0.25, 0.3) is 11.3 Å². The lowest BCUT2D eigenvalue weighted by atomic mass is 9.95. The van der Waals surface area contributed by atoms with E-state index in [0.29, 0.717) is 52.0 Å². The molecule has 7 nitrogen and oxygen atoms in total. The Kier molecular flexibility index (Phi) is 6.28. The van der Waals surface area contributed by atoms with Gasteiger partial charge in [0.05, 0.1) is 20.3 Å². The van der Waals surface area contributed by atoms with E-state index < -0.39 is 6.04 Å². The predicted octanol–water partition coefficient (Wildman–Crippen LogP) is 5.38. The Morgan fingerprint density at radius 3 is 2.53 bits per heavy atom. The number of fused-ring (bicyclic) bond motifs is 1. The van der Waals surface area contributed by atoms with Gasteiger partial charge in [0.2, 0.25) is 0 Å². The zero-order valence-electron chi connectivity index (χ0n) is 19.6. The van der Waals surface area contributed by atoms with Gasteiger partial charge in [0.15, 0.2) is 11.5 Å². The molecule has 0 saturated heterocycles. The van der Waals surface area contributed by atoms with Crippen molar-refractivity contribution >= 4 is 17.5 Å². The largest absolute Gasteiger partial charge is 0.507 e. The molecule has 1 atom stereocenters. The number of nitrogens with zero attached hydrogens (tertiary/aromatic N) is 2. The van der Waals surface area contributed by atoms with E-state index in [4.69, 9.17) is 21.1 Å². The average Bonchev–Trinajstić information content (AvgIpc) is 3.43. The number of methoxy groups -OCH3 is 2. The van der Waals surface area contributed by atoms with Gasteiger partial charge in [-0.15, -0.1) is 0 Å². The molecule has 1 aliphatic heterocycles. The maximum atomic E-state index is 13.8. The van der Waals surface area contributed by atoms with Gasteiger partial charge in [-0.3, -0.25) is 9.89 Å². The third kappa shape index (κ3) is 4.13. The highest BCUT2D eigenvalue weighted by atomic mass is 35.5. The van der Waals surface area contributed by atoms with Crippen LogP contribution in [0, 0.1) is 5.82 Å². The molecule has 9 heteroatoms. The summed E-state index contributed by atoms with van der Waals surface area (Å²) in [5.41, 5.74) is 3.44. The first-order valence-electron chi connectivity index (χ1n) is 11.3. The molecule has 184 valence electrons. The van der Waals surface area contributed by atoms with Gasteiger partial charge in [0.1, 0.15) is 23.0 Å². The summed E-state index contributed by atoms with van der Waals surface area (Å²) in [6.45, 7) is 0.375. The number of aromatic hydroxyl groups is 1. The van der Waals surface area contributed by atoms with Crippen LogP contribution in [0.5, 0.6) is 17.2 Å². The van der Waals surface area contributed by atoms with E-state index in [1.54, 1.807) is 43.4 Å². The summed E-state index contributed by atoms with van der Waals surface area (Å²) in [6, 6.07) is 15.8. The number of carbonyl (C=O) groups excluding carboxylic acids is 1. The van der Waals surface area contributed by atoms with Crippen molar-refractivity contribution in [1.82, 2.24) is 15.1 Å². The van der Waals surface area contributed by atoms with E-state index in [0.717, 1.165) is 11.1 Å². The number of rotatable bonds is 7. The molecule has 2 heterocycles. The summed E-state index contributed by atoms with van der Waals surface area (Å²) in [6.07, 6.45) is 0.541. The van der Waals surface area contributed by atoms with Gasteiger partial charge >= 0.3 is 0 Å². The third-order valence-corrected chi connectivity index (χ3v) is 6.59. The van der Waals surface area contributed by atoms with Crippen LogP contribution in [0.1, 0.15) is 33.2 Å². The van der Waals surface area contributed by atoms with Crippen molar-refractivity contribution in [2.24, 2.45) is 0 Å². The number of aromatic nitrogens is 2. The summed E-state index contributed by atoms with van der Waals surface area (Å²) < 4.78 is 24.5. The van der Waals surface area contributed by atoms with Gasteiger partial charge in [-0.1, -0.05) is 29.8 Å². The number of nitrogens with one attached hydrogen (secondary N) is 1. The minimum atomic E-state index is -0.541. The standard InChI is InChI=1S/C27H23ClFN3O4/c1-35-21-10-3-15(13-22(21)36-2)11-12-32-26(16-4-7-18(29)8-5-16)23-24(30-31-25(23)27(32)34)19-14-17(28)6-9-20(19)33/h3-10,13-14,26,33H,11-12H2,1-2H3,(H,30,31). The van der Waals surface area contributed by atoms with Crippen LogP contribution in [-0.4, -0.2) is 46.9 Å². The quantitative estimate of drug-likeness (QED) is 0.350. The minimum absolute atomic E-state index is 0.0113. The topological polar surface area (TPSA) is 87.7 Å². The van der Waals surface area contributed by atoms with Crippen molar-refractivity contribution in [2.75, 3.05) is 20.8 Å². The SMILES string of the molecule is COc1ccc(CCN2C(=O)c3[nH]nc(-c4cc(Cl)ccc4O)c3C2c2ccc(F)cc2)cc1OC. The number of halogens is 2. The minimum Gasteiger partial charge on any atom is -0.507 e. The summed E-state index contributed by atoms with van der Waals surface area (Å²) in [5.74, 6) is 0.601. The molecule has 5 rings (SSSR count). The van der Waals surface area contributed by atoms with E-state index in [1.807, 2.05) is 18.2 Å². The van der Waals surface area contributed by atoms with Crippen molar-refractivity contribution in [3.63, 3.8) is 0 Å². The number of benzene rings is 3. The number of hydrogen-bond acceptors (Lipinski definition) is 5. The number of ether oxygens (including phenoxy) is 2. The molecule has 2 N–H and O–H groups in total. The van der Waals surface area contributed by atoms with Crippen molar-refractivity contribution in [3.8, 4) is 28.5 Å². The van der Waals surface area contributed by atoms with Crippen LogP contribution >= 0.6 is 11.6 Å². The Labute approximate surface area is 212 Å². The first-order valence-corrected chi connectivity index (χ1v) is 11.6. The van der Waals surface area contributed by atoms with Crippen molar-refractivity contribution < 1.29 is 23.8 Å². The second-order valence-electron chi connectivity index (χ2n) is 8.41. The first-order chi connectivity index (χ1) is 17.4. The fraction of sp³-hybridized carbons (Fsp3) is 0.185. The number of aromatic amines is 1. The number of carbonyl (C=O) groups is 1. The molecule has 0 aliphatic carbocycles. The molecule has 1 aliphatic rings. The van der Waals surface area contributed by atoms with Crippen LogP contribution < -0.4 is 9.47 Å². The molecular formula is C27H23ClFN3O4. The van der Waals surface area contributed by atoms with Crippen LogP contribution in [0.4, 0.5) is 4.39 Å². The number of amides is 1. The molecule has 36 heavy (non-hydrogen) atoms. The van der Waals surface area contributed by atoms with Gasteiger partial charge in [-0.25, -0.2) is 4.39 Å². The monoisotopic (exact) mass is 507 g/mol. The van der Waals surface area contributed by atoms with E-state index in [1.165, 1.54) is 18.2 Å². The molecule has 4 aromatic rings. The van der Waals surface area contributed by atoms with Crippen molar-refractivity contribution in [1.29, 1.82) is 0 Å². The smallest absolute Gasteiger partial charge is 0.273 e. The summed E-state index contributed by atoms with van der Waals surface area (Å²) >= 11 is 6.19. The fourth-order valence-electron chi connectivity index (χ4n) is 4.61. The van der Waals surface area contributed by atoms with E-state index in [9.17, 15) is 14.3 Å². The summed E-state index contributed by atoms with van der Waals surface area (Å²) in [7, 11) is 3.15. The molecule has 0 fully saturated rings. The lowest BCUT2D eigenvalue weighted by Gasteiger charge is -2.26. The zero-order chi connectivity index (χ0) is 25.4. The first kappa shape index (κ1) is 23.7. The Bertz CT molecular complexity index is 1440. The number of phenols is 1. The van der Waals surface area contributed by atoms with Gasteiger partial charge < -0.3 is 19.5 Å². The highest BCUT2D eigenvalue weighted by Gasteiger charge is 2.42. The highest BCUT2D eigenvalue weighted by Crippen LogP contribution is 2.45. The third-order valence-electron chi connectivity index (χ3n) is 6.35. The van der Waals surface area contributed by atoms with Gasteiger partial charge in [-0.2, -0.15) is 5.10 Å². The molecule has 0 saturated carbocycles. The molecular weight excluding hydrogens is 485 g/mol. The molecule has 1 amide bonds. The molecule has 1 unspecified atom stereocenters. The number of hydrogen-bond donors (Lipinski definition) is 2. The Morgan fingerprint density at radius 2 is 1.81 bits per heavy atom. The maximum Gasteiger partial charge on any atom is 0.273 e. The molecule has 3 aromatic carbocycles. The zero-order valence-corrected chi connectivity index (χ0v) is 20.3. The fourth-order valence-corrected chi connectivity index (χ4v) is 4.78. The predicted molar refractivity (Wildman–Crippen MR) is 133 cm³/mol. The summed E-state index contributed by atoms with van der Waals surface area (Å²) in [4.78, 5) is 15.3. The van der Waals surface area contributed by atoms with Crippen molar-refractivity contribution in [3.05, 3.63) is 93.9 Å². The van der Waals surface area contributed by atoms with Gasteiger partial charge in [-0.05, 0) is 60.0 Å². The lowest BCUT2D eigenvalue weighted by Crippen LogP contribution is -2.31. The average molecular weight is 508 g/mol. The van der Waals surface area contributed by atoms with E-state index in [2.05, 4.69) is 10.2 Å². The van der Waals surface area contributed by atoms with E-state index in [-0.39, 0.29) is 17.5 Å².